The molecule has 3 aliphatic rings. The summed E-state index contributed by atoms with van der Waals surface area (Å²) in [6.07, 6.45) is -11.1. The maximum Gasteiger partial charge on any atom is 0.325 e. The predicted molar refractivity (Wildman–Crippen MR) is 155 cm³/mol. The molecule has 7 N–H and O–H groups in total. The second kappa shape index (κ2) is 11.2. The second-order valence-corrected chi connectivity index (χ2v) is 15.8. The number of halogens is 3. The summed E-state index contributed by atoms with van der Waals surface area (Å²) < 4.78 is 82.4. The number of alkyl halides is 3. The molecule has 0 aromatic carbocycles. The highest BCUT2D eigenvalue weighted by Gasteiger charge is 2.63. The van der Waals surface area contributed by atoms with E-state index in [2.05, 4.69) is 30.2 Å². The summed E-state index contributed by atoms with van der Waals surface area (Å²) in [6, 6.07) is 1.40. The van der Waals surface area contributed by atoms with Crippen molar-refractivity contribution in [2.45, 2.75) is 49.0 Å². The van der Waals surface area contributed by atoms with Crippen molar-refractivity contribution in [2.75, 3.05) is 24.7 Å². The molecular formula is C20H21F3N10O9P2S2. The zero-order valence-electron chi connectivity index (χ0n) is 22.6. The number of aromatic amines is 1. The van der Waals surface area contributed by atoms with E-state index in [0.29, 0.717) is 0 Å². The highest BCUT2D eigenvalue weighted by molar-refractivity contribution is 8.07. The molecule has 46 heavy (non-hydrogen) atoms. The van der Waals surface area contributed by atoms with Crippen molar-refractivity contribution in [3.05, 3.63) is 28.9 Å². The van der Waals surface area contributed by atoms with Crippen LogP contribution in [0, 0.1) is 0 Å². The lowest BCUT2D eigenvalue weighted by Crippen LogP contribution is -2.41. The number of ether oxygens (including phenoxy) is 2. The second-order valence-electron chi connectivity index (χ2n) is 10.2. The van der Waals surface area contributed by atoms with Crippen LogP contribution in [0.4, 0.5) is 24.9 Å². The number of rotatable bonds is 2. The van der Waals surface area contributed by atoms with Crippen LogP contribution in [0.5, 0.6) is 0 Å². The molecule has 248 valence electrons. The van der Waals surface area contributed by atoms with Gasteiger partial charge in [-0.15, -0.1) is 5.10 Å². The van der Waals surface area contributed by atoms with Crippen molar-refractivity contribution in [1.82, 2.24) is 39.5 Å². The lowest BCUT2D eigenvalue weighted by molar-refractivity contribution is -0.135. The van der Waals surface area contributed by atoms with Crippen LogP contribution < -0.4 is 17.0 Å². The van der Waals surface area contributed by atoms with Crippen LogP contribution in [0.2, 0.25) is 0 Å². The summed E-state index contributed by atoms with van der Waals surface area (Å²) in [5, 5.41) is 7.75. The topological polar surface area (TPSA) is 255 Å². The first-order valence-electron chi connectivity index (χ1n) is 13.0. The number of hydrogen-bond donors (Lipinski definition) is 5. The minimum atomic E-state index is -4.60. The third-order valence-corrected chi connectivity index (χ3v) is 10.4. The van der Waals surface area contributed by atoms with Gasteiger partial charge in [0.2, 0.25) is 12.2 Å². The molecule has 3 fully saturated rings. The Labute approximate surface area is 263 Å². The fourth-order valence-corrected chi connectivity index (χ4v) is 8.10. The summed E-state index contributed by atoms with van der Waals surface area (Å²) in [5.41, 5.74) is 10.2. The summed E-state index contributed by atoms with van der Waals surface area (Å²) >= 11 is 10.1. The van der Waals surface area contributed by atoms with E-state index in [1.54, 1.807) is 0 Å². The van der Waals surface area contributed by atoms with Gasteiger partial charge in [0, 0.05) is 6.20 Å². The fourth-order valence-electron chi connectivity index (χ4n) is 5.27. The maximum absolute atomic E-state index is 16.0. The molecule has 4 aromatic heterocycles. The molecule has 26 heteroatoms. The van der Waals surface area contributed by atoms with Crippen molar-refractivity contribution in [3.8, 4) is 0 Å². The van der Waals surface area contributed by atoms with Gasteiger partial charge in [0.05, 0.1) is 18.6 Å². The Balaban J connectivity index is 1.23. The van der Waals surface area contributed by atoms with E-state index in [-0.39, 0.29) is 34.0 Å². The Kier molecular flexibility index (Phi) is 7.74. The van der Waals surface area contributed by atoms with E-state index in [4.69, 9.17) is 62.6 Å². The van der Waals surface area contributed by atoms with Crippen molar-refractivity contribution >= 4 is 71.0 Å². The Bertz CT molecular complexity index is 2000. The lowest BCUT2D eigenvalue weighted by Gasteiger charge is -2.28. The molecule has 19 nitrogen and oxygen atoms in total. The van der Waals surface area contributed by atoms with E-state index >= 15 is 13.2 Å². The molecule has 2 bridgehead atoms. The monoisotopic (exact) mass is 728 g/mol. The molecule has 0 radical (unpaired) electrons. The molecule has 3 saturated heterocycles. The van der Waals surface area contributed by atoms with E-state index < -0.39 is 81.2 Å². The van der Waals surface area contributed by atoms with Crippen molar-refractivity contribution in [1.29, 1.82) is 0 Å². The molecular weight excluding hydrogens is 707 g/mol. The van der Waals surface area contributed by atoms with Crippen LogP contribution in [-0.4, -0.2) is 99.0 Å². The van der Waals surface area contributed by atoms with Crippen LogP contribution in [-0.2, 0) is 51.2 Å². The first-order valence-corrected chi connectivity index (χ1v) is 18.2. The zero-order valence-corrected chi connectivity index (χ0v) is 26.0. The average molecular weight is 729 g/mol. The van der Waals surface area contributed by atoms with E-state index in [0.717, 1.165) is 15.6 Å². The molecule has 0 aliphatic carbocycles. The number of anilines is 2. The van der Waals surface area contributed by atoms with Gasteiger partial charge in [-0.3, -0.25) is 18.8 Å². The largest absolute Gasteiger partial charge is 0.383 e. The normalized spacial score (nSPS) is 36.7. The quantitative estimate of drug-likeness (QED) is 0.172. The smallest absolute Gasteiger partial charge is 0.325 e. The molecule has 7 rings (SSSR count). The Morgan fingerprint density at radius 2 is 1.78 bits per heavy atom. The summed E-state index contributed by atoms with van der Waals surface area (Å²) in [4.78, 5) is 48.1. The lowest BCUT2D eigenvalue weighted by atomic mass is 10.1. The maximum atomic E-state index is 16.0. The van der Waals surface area contributed by atoms with Gasteiger partial charge in [-0.25, -0.2) is 14.4 Å². The van der Waals surface area contributed by atoms with Crippen molar-refractivity contribution < 1.29 is 50.5 Å². The standard InChI is InChI=1S/C20H21F3N10O9P2S2/c21-9-7-3-37-44(36,46)42-12-8(40-18(20(12,22)23)32-2-1-6-13(24)26-5-27-14(6)32)4-38-43(35,45)41-11(9)17(39-7)33-15-10(30-31-33)16(34)29-19(25)28-15/h1-2,5,7-9,11-12,17-18H,3-4H2,(H,35,45)(H,36,46)(H2,24,26,27)(H3,25,28,29,34)/t7-,8-,9+,11-,12-,17-,18-,43?,44?/m1/s1. The van der Waals surface area contributed by atoms with Gasteiger partial charge in [0.1, 0.15) is 36.1 Å². The number of H-pyrrole nitrogens is 1. The molecule has 0 spiro atoms. The molecule has 0 amide bonds. The molecule has 3 aliphatic heterocycles. The Morgan fingerprint density at radius 3 is 2.54 bits per heavy atom. The molecule has 2 unspecified atom stereocenters. The summed E-state index contributed by atoms with van der Waals surface area (Å²) in [7, 11) is 0. The van der Waals surface area contributed by atoms with E-state index in [9.17, 15) is 14.6 Å². The van der Waals surface area contributed by atoms with Gasteiger partial charge >= 0.3 is 19.4 Å². The third-order valence-electron chi connectivity index (χ3n) is 7.31. The van der Waals surface area contributed by atoms with Gasteiger partial charge in [-0.2, -0.15) is 18.4 Å². The van der Waals surface area contributed by atoms with Crippen LogP contribution in [0.15, 0.2) is 23.4 Å². The molecule has 9 atom stereocenters. The number of fused-ring (bicyclic) bond motifs is 5. The Morgan fingerprint density at radius 1 is 1.07 bits per heavy atom. The zero-order chi connectivity index (χ0) is 32.8. The third kappa shape index (κ3) is 5.41. The van der Waals surface area contributed by atoms with Crippen molar-refractivity contribution in [2.24, 2.45) is 0 Å². The predicted octanol–water partition coefficient (Wildman–Crippen LogP) is 0.143. The van der Waals surface area contributed by atoms with Gasteiger partial charge in [-0.1, -0.05) is 5.21 Å². The minimum absolute atomic E-state index is 0.00480. The van der Waals surface area contributed by atoms with E-state index in [1.807, 2.05) is 0 Å². The number of nitrogens with zero attached hydrogens (tertiary/aromatic N) is 7. The molecule has 4 aromatic rings. The fraction of sp³-hybridized carbons (Fsp3) is 0.500. The average Bonchev–Trinajstić information content (AvgIpc) is 3.71. The highest BCUT2D eigenvalue weighted by Crippen LogP contribution is 2.57. The van der Waals surface area contributed by atoms with Crippen LogP contribution in [0.25, 0.3) is 22.2 Å². The molecule has 0 saturated carbocycles. The number of nitrogen functional groups attached to an aromatic ring is 2. The van der Waals surface area contributed by atoms with Gasteiger partial charge in [0.15, 0.2) is 29.7 Å². The van der Waals surface area contributed by atoms with Gasteiger partial charge in [0.25, 0.3) is 5.56 Å². The number of nitrogens with one attached hydrogen (secondary N) is 1. The number of nitrogens with two attached hydrogens (primary N) is 2. The first kappa shape index (κ1) is 31.8. The summed E-state index contributed by atoms with van der Waals surface area (Å²) in [5.74, 6) is -4.25. The molecule has 7 heterocycles. The van der Waals surface area contributed by atoms with Gasteiger partial charge < -0.3 is 44.3 Å². The number of aromatic nitrogens is 8. The Hall–Kier alpha value is -2.73. The first-order chi connectivity index (χ1) is 21.6. The van der Waals surface area contributed by atoms with Crippen LogP contribution in [0.3, 0.4) is 0 Å². The van der Waals surface area contributed by atoms with Crippen molar-refractivity contribution in [3.63, 3.8) is 0 Å². The highest BCUT2D eigenvalue weighted by atomic mass is 32.5. The van der Waals surface area contributed by atoms with E-state index in [1.165, 1.54) is 12.3 Å². The number of hydrogen-bond acceptors (Lipinski definition) is 16. The minimum Gasteiger partial charge on any atom is -0.383 e. The van der Waals surface area contributed by atoms with Crippen LogP contribution in [0.1, 0.15) is 12.5 Å². The van der Waals surface area contributed by atoms with Gasteiger partial charge in [-0.05, 0) is 29.7 Å². The van der Waals surface area contributed by atoms with Crippen LogP contribution >= 0.6 is 13.4 Å². The SMILES string of the molecule is Nc1nc2c(nnn2[C@@H]2O[C@@H]3COP(O)(=S)O[C@@H]4[C@@H](COP(O)(=S)O[C@@H]2[C@H]3F)O[C@@H](n2ccc3c(N)ncnc32)C4(F)F)c(=O)[nH]1. The summed E-state index contributed by atoms with van der Waals surface area (Å²) in [6.45, 7) is -10.9.